The molecule has 0 aliphatic rings. The van der Waals surface area contributed by atoms with Crippen molar-refractivity contribution in [3.63, 3.8) is 0 Å². The van der Waals surface area contributed by atoms with Crippen LogP contribution in [0.5, 0.6) is 5.75 Å². The lowest BCUT2D eigenvalue weighted by atomic mass is 10.3. The van der Waals surface area contributed by atoms with E-state index >= 15 is 0 Å². The molecule has 0 aromatic heterocycles. The van der Waals surface area contributed by atoms with Crippen LogP contribution in [0.15, 0.2) is 24.3 Å². The number of rotatable bonds is 4. The van der Waals surface area contributed by atoms with Gasteiger partial charge < -0.3 is 9.78 Å². The SMILES string of the molecule is NP(=O)(O)OOc1ccc([N+](=O)[O-])cc1. The van der Waals surface area contributed by atoms with E-state index in [1.807, 2.05) is 0 Å². The van der Waals surface area contributed by atoms with Gasteiger partial charge in [0.15, 0.2) is 5.75 Å². The maximum Gasteiger partial charge on any atom is 0.436 e. The van der Waals surface area contributed by atoms with Crippen LogP contribution in [0.3, 0.4) is 0 Å². The number of non-ortho nitro benzene ring substituents is 1. The molecule has 0 aliphatic heterocycles. The largest absolute Gasteiger partial charge is 0.436 e. The predicted octanol–water partition coefficient (Wildman–Crippen LogP) is 0.964. The van der Waals surface area contributed by atoms with Crippen LogP contribution in [0.2, 0.25) is 0 Å². The fourth-order valence-electron chi connectivity index (χ4n) is 0.720. The average molecular weight is 234 g/mol. The molecule has 0 fully saturated rings. The van der Waals surface area contributed by atoms with Gasteiger partial charge >= 0.3 is 7.75 Å². The minimum atomic E-state index is -4.22. The summed E-state index contributed by atoms with van der Waals surface area (Å²) >= 11 is 0. The van der Waals surface area contributed by atoms with Crippen molar-refractivity contribution >= 4 is 13.4 Å². The van der Waals surface area contributed by atoms with Crippen LogP contribution in [-0.4, -0.2) is 9.82 Å². The van der Waals surface area contributed by atoms with E-state index in [-0.39, 0.29) is 11.4 Å². The molecule has 1 aromatic rings. The van der Waals surface area contributed by atoms with Crippen LogP contribution in [0, 0.1) is 10.1 Å². The van der Waals surface area contributed by atoms with E-state index in [0.29, 0.717) is 0 Å². The number of nitro groups is 1. The monoisotopic (exact) mass is 234 g/mol. The molecule has 1 unspecified atom stereocenters. The summed E-state index contributed by atoms with van der Waals surface area (Å²) in [6.45, 7) is 0. The van der Waals surface area contributed by atoms with Gasteiger partial charge in [0.25, 0.3) is 5.69 Å². The second-order valence-corrected chi connectivity index (χ2v) is 3.75. The zero-order valence-corrected chi connectivity index (χ0v) is 8.16. The molecule has 1 aromatic carbocycles. The highest BCUT2D eigenvalue weighted by Crippen LogP contribution is 2.32. The summed E-state index contributed by atoms with van der Waals surface area (Å²) in [6, 6.07) is 4.70. The van der Waals surface area contributed by atoms with Gasteiger partial charge in [-0.25, -0.2) is 10.1 Å². The van der Waals surface area contributed by atoms with Crippen molar-refractivity contribution in [2.75, 3.05) is 0 Å². The van der Waals surface area contributed by atoms with Gasteiger partial charge in [0.05, 0.1) is 4.92 Å². The van der Waals surface area contributed by atoms with Gasteiger partial charge in [-0.1, -0.05) is 4.67 Å². The zero-order chi connectivity index (χ0) is 11.5. The van der Waals surface area contributed by atoms with Gasteiger partial charge in [-0.2, -0.15) is 0 Å². The summed E-state index contributed by atoms with van der Waals surface area (Å²) in [6.07, 6.45) is 0. The molecule has 0 amide bonds. The molecule has 0 bridgehead atoms. The van der Waals surface area contributed by atoms with E-state index in [1.54, 1.807) is 0 Å². The molecule has 0 heterocycles. The van der Waals surface area contributed by atoms with Crippen molar-refractivity contribution in [2.24, 2.45) is 5.50 Å². The molecule has 0 radical (unpaired) electrons. The molecule has 1 rings (SSSR count). The van der Waals surface area contributed by atoms with Crippen molar-refractivity contribution in [2.45, 2.75) is 0 Å². The van der Waals surface area contributed by atoms with Crippen molar-refractivity contribution < 1.29 is 23.9 Å². The highest BCUT2D eigenvalue weighted by molar-refractivity contribution is 7.49. The first-order chi connectivity index (χ1) is 6.88. The molecule has 82 valence electrons. The van der Waals surface area contributed by atoms with Gasteiger partial charge in [0.1, 0.15) is 0 Å². The van der Waals surface area contributed by atoms with Crippen molar-refractivity contribution in [1.29, 1.82) is 0 Å². The first-order valence-corrected chi connectivity index (χ1v) is 5.25. The zero-order valence-electron chi connectivity index (χ0n) is 7.27. The number of hydrogen-bond acceptors (Lipinski definition) is 5. The quantitative estimate of drug-likeness (QED) is 0.344. The summed E-state index contributed by atoms with van der Waals surface area (Å²) < 4.78 is 14.4. The lowest BCUT2D eigenvalue weighted by molar-refractivity contribution is -0.384. The second kappa shape index (κ2) is 4.37. The van der Waals surface area contributed by atoms with E-state index in [1.165, 1.54) is 12.1 Å². The summed E-state index contributed by atoms with van der Waals surface area (Å²) in [5.74, 6) is 0.0281. The summed E-state index contributed by atoms with van der Waals surface area (Å²) in [4.78, 5) is 22.5. The van der Waals surface area contributed by atoms with E-state index in [2.05, 4.69) is 15.1 Å². The van der Waals surface area contributed by atoms with Crippen LogP contribution < -0.4 is 10.4 Å². The molecule has 0 saturated heterocycles. The third-order valence-electron chi connectivity index (χ3n) is 1.29. The number of benzene rings is 1. The van der Waals surface area contributed by atoms with Crippen LogP contribution in [0.4, 0.5) is 5.69 Å². The molecule has 15 heavy (non-hydrogen) atoms. The molecule has 0 spiro atoms. The Hall–Kier alpha value is -1.47. The number of hydrogen-bond donors (Lipinski definition) is 2. The first kappa shape index (κ1) is 11.6. The lowest BCUT2D eigenvalue weighted by Gasteiger charge is -2.05. The normalized spacial score (nSPS) is 14.3. The maximum absolute atomic E-state index is 10.4. The lowest BCUT2D eigenvalue weighted by Crippen LogP contribution is -2.01. The van der Waals surface area contributed by atoms with E-state index < -0.39 is 12.7 Å². The van der Waals surface area contributed by atoms with Crippen molar-refractivity contribution in [3.8, 4) is 5.75 Å². The average Bonchev–Trinajstić information content (AvgIpc) is 2.14. The fourth-order valence-corrected chi connectivity index (χ4v) is 0.913. The minimum absolute atomic E-state index is 0.0281. The standard InChI is InChI=1S/C6H7N2O6P/c7-15(11,12)14-13-6-3-1-5(2-4-6)8(9)10/h1-4H,(H3,7,11,12). The Morgan fingerprint density at radius 1 is 1.40 bits per heavy atom. The molecule has 0 saturated carbocycles. The smallest absolute Gasteiger partial charge is 0.328 e. The van der Waals surface area contributed by atoms with Gasteiger partial charge in [0, 0.05) is 12.1 Å². The third kappa shape index (κ3) is 4.05. The Morgan fingerprint density at radius 2 is 1.93 bits per heavy atom. The van der Waals surface area contributed by atoms with Gasteiger partial charge in [0.2, 0.25) is 0 Å². The third-order valence-corrected chi connectivity index (χ3v) is 1.58. The Morgan fingerprint density at radius 3 is 2.33 bits per heavy atom. The van der Waals surface area contributed by atoms with Gasteiger partial charge in [-0.15, -0.1) is 0 Å². The topological polar surface area (TPSA) is 125 Å². The molecular formula is C6H7N2O6P. The Labute approximate surface area is 83.9 Å². The number of nitrogens with two attached hydrogens (primary N) is 1. The summed E-state index contributed by atoms with van der Waals surface area (Å²) in [5.41, 5.74) is 4.48. The van der Waals surface area contributed by atoms with Crippen LogP contribution in [-0.2, 0) is 9.24 Å². The highest BCUT2D eigenvalue weighted by Gasteiger charge is 2.14. The van der Waals surface area contributed by atoms with E-state index in [9.17, 15) is 14.7 Å². The van der Waals surface area contributed by atoms with Crippen LogP contribution in [0.25, 0.3) is 0 Å². The summed E-state index contributed by atoms with van der Waals surface area (Å²) in [7, 11) is -4.22. The van der Waals surface area contributed by atoms with Crippen molar-refractivity contribution in [1.82, 2.24) is 0 Å². The minimum Gasteiger partial charge on any atom is -0.328 e. The van der Waals surface area contributed by atoms with Crippen LogP contribution >= 0.6 is 7.75 Å². The number of nitrogens with zero attached hydrogens (tertiary/aromatic N) is 1. The molecule has 0 aliphatic carbocycles. The molecule has 3 N–H and O–H groups in total. The van der Waals surface area contributed by atoms with E-state index in [4.69, 9.17) is 4.89 Å². The Kier molecular flexibility index (Phi) is 3.38. The molecule has 9 heteroatoms. The molecular weight excluding hydrogens is 227 g/mol. The first-order valence-electron chi connectivity index (χ1n) is 3.60. The molecule has 1 atom stereocenters. The summed E-state index contributed by atoms with van der Waals surface area (Å²) in [5, 5.41) is 10.3. The van der Waals surface area contributed by atoms with Crippen molar-refractivity contribution in [3.05, 3.63) is 34.4 Å². The van der Waals surface area contributed by atoms with Crippen LogP contribution in [0.1, 0.15) is 0 Å². The van der Waals surface area contributed by atoms with Gasteiger partial charge in [-0.05, 0) is 12.1 Å². The Bertz CT molecular complexity index is 399. The maximum atomic E-state index is 10.4. The number of nitro benzene ring substituents is 1. The Balaban J connectivity index is 2.65. The predicted molar refractivity (Wildman–Crippen MR) is 48.8 cm³/mol. The van der Waals surface area contributed by atoms with Gasteiger partial charge in [-0.3, -0.25) is 10.1 Å². The fraction of sp³-hybridized carbons (Fsp3) is 0. The van der Waals surface area contributed by atoms with E-state index in [0.717, 1.165) is 12.1 Å². The second-order valence-electron chi connectivity index (χ2n) is 2.47. The molecule has 8 nitrogen and oxygen atoms in total. The highest BCUT2D eigenvalue weighted by atomic mass is 31.2.